The van der Waals surface area contributed by atoms with Gasteiger partial charge in [0.15, 0.2) is 0 Å². The minimum atomic E-state index is -0.321. The highest BCUT2D eigenvalue weighted by molar-refractivity contribution is 9.10. The van der Waals surface area contributed by atoms with Gasteiger partial charge in [0, 0.05) is 16.7 Å². The van der Waals surface area contributed by atoms with E-state index in [-0.39, 0.29) is 18.6 Å². The number of carbonyl (C=O) groups is 1. The van der Waals surface area contributed by atoms with Gasteiger partial charge in [0.05, 0.1) is 12.2 Å². The number of hydrogen-bond acceptors (Lipinski definition) is 4. The van der Waals surface area contributed by atoms with Gasteiger partial charge in [-0.25, -0.2) is 0 Å². The van der Waals surface area contributed by atoms with E-state index < -0.39 is 0 Å². The van der Waals surface area contributed by atoms with Gasteiger partial charge >= 0.3 is 5.97 Å². The highest BCUT2D eigenvalue weighted by Gasteiger charge is 2.19. The van der Waals surface area contributed by atoms with E-state index in [1.807, 2.05) is 13.8 Å². The Hall–Kier alpha value is -1.76. The Morgan fingerprint density at radius 3 is 2.86 bits per heavy atom. The van der Waals surface area contributed by atoms with E-state index in [1.165, 1.54) is 6.20 Å². The number of amidine groups is 1. The lowest BCUT2D eigenvalue weighted by Crippen LogP contribution is -2.19. The highest BCUT2D eigenvalue weighted by Crippen LogP contribution is 2.28. The number of hydrogen-bond donors (Lipinski definition) is 2. The van der Waals surface area contributed by atoms with Crippen molar-refractivity contribution in [2.45, 2.75) is 33.4 Å². The third-order valence-electron chi connectivity index (χ3n) is 2.53. The van der Waals surface area contributed by atoms with Crippen molar-refractivity contribution in [2.24, 2.45) is 10.7 Å². The Morgan fingerprint density at radius 1 is 1.67 bits per heavy atom. The minimum Gasteiger partial charge on any atom is -0.465 e. The fourth-order valence-corrected chi connectivity index (χ4v) is 2.47. The van der Waals surface area contributed by atoms with Gasteiger partial charge in [-0.2, -0.15) is 0 Å². The number of aliphatic imine (C=N–C) groups is 1. The molecule has 0 saturated heterocycles. The second-order valence-electron chi connectivity index (χ2n) is 4.59. The number of nitrogens with two attached hydrogens (primary N) is 1. The van der Waals surface area contributed by atoms with Crippen LogP contribution in [-0.2, 0) is 16.1 Å². The first-order valence-corrected chi connectivity index (χ1v) is 7.45. The van der Waals surface area contributed by atoms with Crippen molar-refractivity contribution in [1.82, 2.24) is 4.57 Å². The van der Waals surface area contributed by atoms with E-state index in [0.29, 0.717) is 23.8 Å². The number of nitrogens with one attached hydrogen (secondary N) is 1. The maximum Gasteiger partial charge on any atom is 0.325 e. The van der Waals surface area contributed by atoms with Gasteiger partial charge in [0.1, 0.15) is 18.2 Å². The third kappa shape index (κ3) is 4.63. The molecule has 0 fully saturated rings. The molecule has 1 aromatic heterocycles. The summed E-state index contributed by atoms with van der Waals surface area (Å²) in [5.74, 6) is 0.716. The number of ether oxygens (including phenoxy) is 1. The number of rotatable bonds is 7. The van der Waals surface area contributed by atoms with E-state index in [2.05, 4.69) is 32.8 Å². The van der Waals surface area contributed by atoms with Crippen LogP contribution in [0.4, 0.5) is 5.82 Å². The first kappa shape index (κ1) is 17.3. The fourth-order valence-electron chi connectivity index (χ4n) is 1.83. The molecular formula is C14H21BrN4O2. The zero-order valence-electron chi connectivity index (χ0n) is 12.5. The zero-order valence-corrected chi connectivity index (χ0v) is 14.1. The van der Waals surface area contributed by atoms with Gasteiger partial charge in [0.2, 0.25) is 0 Å². The summed E-state index contributed by atoms with van der Waals surface area (Å²) in [6.45, 7) is 9.72. The number of aromatic nitrogens is 1. The molecule has 0 aliphatic heterocycles. The van der Waals surface area contributed by atoms with Crippen molar-refractivity contribution in [3.05, 3.63) is 29.0 Å². The summed E-state index contributed by atoms with van der Waals surface area (Å²) >= 11 is 3.45. The smallest absolute Gasteiger partial charge is 0.325 e. The number of nitrogens with zero attached hydrogens (tertiary/aromatic N) is 2. The van der Waals surface area contributed by atoms with Crippen molar-refractivity contribution >= 4 is 33.6 Å². The molecule has 0 amide bonds. The van der Waals surface area contributed by atoms with Crippen molar-refractivity contribution in [2.75, 3.05) is 11.9 Å². The van der Waals surface area contributed by atoms with Crippen molar-refractivity contribution in [3.8, 4) is 0 Å². The maximum atomic E-state index is 11.7. The molecule has 6 nitrogen and oxygen atoms in total. The topological polar surface area (TPSA) is 81.6 Å². The minimum absolute atomic E-state index is 0.0712. The lowest BCUT2D eigenvalue weighted by molar-refractivity contribution is -0.143. The molecule has 0 saturated carbocycles. The van der Waals surface area contributed by atoms with Crippen molar-refractivity contribution in [1.29, 1.82) is 0 Å². The molecule has 0 atom stereocenters. The van der Waals surface area contributed by atoms with Crippen LogP contribution in [0.1, 0.15) is 26.3 Å². The van der Waals surface area contributed by atoms with E-state index >= 15 is 0 Å². The molecule has 1 aromatic rings. The third-order valence-corrected chi connectivity index (χ3v) is 3.13. The van der Waals surface area contributed by atoms with Gasteiger partial charge in [0.25, 0.3) is 0 Å². The summed E-state index contributed by atoms with van der Waals surface area (Å²) in [4.78, 5) is 16.0. The number of carbonyl (C=O) groups excluding carboxylic acids is 1. The van der Waals surface area contributed by atoms with Gasteiger partial charge in [-0.3, -0.25) is 9.79 Å². The molecule has 1 rings (SSSR count). The summed E-state index contributed by atoms with van der Waals surface area (Å²) in [5.41, 5.74) is 6.75. The Morgan fingerprint density at radius 2 is 2.33 bits per heavy atom. The summed E-state index contributed by atoms with van der Waals surface area (Å²) in [6, 6.07) is 0.0712. The van der Waals surface area contributed by atoms with Crippen LogP contribution < -0.4 is 11.1 Å². The summed E-state index contributed by atoms with van der Waals surface area (Å²) < 4.78 is 7.42. The predicted octanol–water partition coefficient (Wildman–Crippen LogP) is 2.48. The SMILES string of the molecule is C=CNc1c(C(N)=NC(C)C)c(Br)cn1CC(=O)OCC. The maximum absolute atomic E-state index is 11.7. The monoisotopic (exact) mass is 356 g/mol. The van der Waals surface area contributed by atoms with E-state index in [4.69, 9.17) is 10.5 Å². The van der Waals surface area contributed by atoms with Crippen LogP contribution in [0.2, 0.25) is 0 Å². The molecule has 3 N–H and O–H groups in total. The molecule has 116 valence electrons. The Bertz CT molecular complexity index is 549. The van der Waals surface area contributed by atoms with Crippen LogP contribution >= 0.6 is 15.9 Å². The average molecular weight is 357 g/mol. The lowest BCUT2D eigenvalue weighted by Gasteiger charge is -2.11. The molecule has 7 heteroatoms. The molecule has 0 aliphatic rings. The number of halogens is 1. The molecule has 0 aliphatic carbocycles. The van der Waals surface area contributed by atoms with E-state index in [9.17, 15) is 4.79 Å². The van der Waals surface area contributed by atoms with Crippen LogP contribution in [0, 0.1) is 0 Å². The predicted molar refractivity (Wildman–Crippen MR) is 88.4 cm³/mol. The second kappa shape index (κ2) is 7.87. The standard InChI is InChI=1S/C14H21BrN4O2/c1-5-17-14-12(13(16)18-9(3)4)10(15)7-19(14)8-11(20)21-6-2/h5,7,9,17H,1,6,8H2,2-4H3,(H2,16,18). The largest absolute Gasteiger partial charge is 0.465 e. The van der Waals surface area contributed by atoms with Crippen LogP contribution in [-0.4, -0.2) is 29.0 Å². The molecule has 0 aromatic carbocycles. The number of anilines is 1. The Kier molecular flexibility index (Phi) is 6.48. The van der Waals surface area contributed by atoms with E-state index in [0.717, 1.165) is 4.47 Å². The molecule has 0 radical (unpaired) electrons. The first-order chi connectivity index (χ1) is 9.90. The summed E-state index contributed by atoms with van der Waals surface area (Å²) in [5, 5.41) is 3.00. The van der Waals surface area contributed by atoms with Gasteiger partial charge < -0.3 is 20.4 Å². The zero-order chi connectivity index (χ0) is 16.0. The summed E-state index contributed by atoms with van der Waals surface area (Å²) in [7, 11) is 0. The molecule has 0 bridgehead atoms. The lowest BCUT2D eigenvalue weighted by atomic mass is 10.2. The van der Waals surface area contributed by atoms with Gasteiger partial charge in [-0.15, -0.1) is 0 Å². The van der Waals surface area contributed by atoms with Gasteiger partial charge in [-0.1, -0.05) is 6.58 Å². The van der Waals surface area contributed by atoms with Gasteiger partial charge in [-0.05, 0) is 42.9 Å². The van der Waals surface area contributed by atoms with E-state index in [1.54, 1.807) is 17.7 Å². The Balaban J connectivity index is 3.22. The molecule has 0 spiro atoms. The highest BCUT2D eigenvalue weighted by atomic mass is 79.9. The van der Waals surface area contributed by atoms with Crippen LogP contribution in [0.5, 0.6) is 0 Å². The quantitative estimate of drug-likeness (QED) is 0.446. The molecule has 1 heterocycles. The van der Waals surface area contributed by atoms with Crippen molar-refractivity contribution in [3.63, 3.8) is 0 Å². The summed E-state index contributed by atoms with van der Waals surface area (Å²) in [6.07, 6.45) is 3.29. The molecule has 21 heavy (non-hydrogen) atoms. The number of esters is 1. The molecular weight excluding hydrogens is 336 g/mol. The normalized spacial score (nSPS) is 11.6. The molecule has 0 unspecified atom stereocenters. The average Bonchev–Trinajstić information content (AvgIpc) is 2.65. The van der Waals surface area contributed by atoms with Crippen LogP contribution in [0.15, 0.2) is 28.4 Å². The van der Waals surface area contributed by atoms with Crippen LogP contribution in [0.3, 0.4) is 0 Å². The fraction of sp³-hybridized carbons (Fsp3) is 0.429. The Labute approximate surface area is 133 Å². The van der Waals surface area contributed by atoms with Crippen molar-refractivity contribution < 1.29 is 9.53 Å². The second-order valence-corrected chi connectivity index (χ2v) is 5.44. The van der Waals surface area contributed by atoms with Crippen LogP contribution in [0.25, 0.3) is 0 Å². The first-order valence-electron chi connectivity index (χ1n) is 6.66.